The molecular formula is C14H23N3. The highest BCUT2D eigenvalue weighted by molar-refractivity contribution is 5.34. The largest absolute Gasteiger partial charge is 0.373 e. The molecule has 0 bridgehead atoms. The maximum atomic E-state index is 4.58. The van der Waals surface area contributed by atoms with Crippen LogP contribution >= 0.6 is 0 Å². The monoisotopic (exact) mass is 233 g/mol. The zero-order valence-electron chi connectivity index (χ0n) is 10.9. The van der Waals surface area contributed by atoms with E-state index < -0.39 is 0 Å². The van der Waals surface area contributed by atoms with Crippen molar-refractivity contribution in [3.63, 3.8) is 0 Å². The SMILES string of the molecule is CCN(Cc1cccc(NC)n1)CC1CCC1. The Morgan fingerprint density at radius 1 is 1.41 bits per heavy atom. The molecule has 0 atom stereocenters. The molecule has 1 fully saturated rings. The molecule has 94 valence electrons. The van der Waals surface area contributed by atoms with Crippen molar-refractivity contribution in [3.8, 4) is 0 Å². The molecule has 1 aliphatic carbocycles. The molecule has 3 nitrogen and oxygen atoms in total. The van der Waals surface area contributed by atoms with Crippen molar-refractivity contribution in [1.82, 2.24) is 9.88 Å². The standard InChI is InChI=1S/C14H23N3/c1-3-17(10-12-6-4-7-12)11-13-8-5-9-14(15-2)16-13/h5,8-9,12H,3-4,6-7,10-11H2,1-2H3,(H,15,16). The summed E-state index contributed by atoms with van der Waals surface area (Å²) in [5, 5.41) is 3.09. The van der Waals surface area contributed by atoms with E-state index in [2.05, 4.69) is 34.3 Å². The van der Waals surface area contributed by atoms with E-state index in [0.29, 0.717) is 0 Å². The Morgan fingerprint density at radius 2 is 2.24 bits per heavy atom. The molecule has 1 aliphatic rings. The van der Waals surface area contributed by atoms with E-state index in [1.807, 2.05) is 13.1 Å². The minimum Gasteiger partial charge on any atom is -0.373 e. The van der Waals surface area contributed by atoms with Gasteiger partial charge in [-0.3, -0.25) is 4.90 Å². The molecule has 0 radical (unpaired) electrons. The van der Waals surface area contributed by atoms with E-state index in [1.54, 1.807) is 0 Å². The van der Waals surface area contributed by atoms with Gasteiger partial charge in [-0.1, -0.05) is 19.4 Å². The first kappa shape index (κ1) is 12.4. The number of anilines is 1. The number of hydrogen-bond donors (Lipinski definition) is 1. The Labute approximate surface area is 104 Å². The molecule has 1 saturated carbocycles. The van der Waals surface area contributed by atoms with E-state index in [4.69, 9.17) is 0 Å². The first-order valence-corrected chi connectivity index (χ1v) is 6.68. The molecule has 0 aromatic carbocycles. The van der Waals surface area contributed by atoms with Gasteiger partial charge in [0.15, 0.2) is 0 Å². The summed E-state index contributed by atoms with van der Waals surface area (Å²) >= 11 is 0. The molecule has 0 aliphatic heterocycles. The molecule has 1 heterocycles. The van der Waals surface area contributed by atoms with E-state index in [1.165, 1.54) is 25.8 Å². The van der Waals surface area contributed by atoms with E-state index in [9.17, 15) is 0 Å². The predicted octanol–water partition coefficient (Wildman–Crippen LogP) is 2.75. The number of nitrogens with one attached hydrogen (secondary N) is 1. The van der Waals surface area contributed by atoms with Crippen molar-refractivity contribution in [2.45, 2.75) is 32.7 Å². The maximum Gasteiger partial charge on any atom is 0.126 e. The van der Waals surface area contributed by atoms with Gasteiger partial charge in [-0.15, -0.1) is 0 Å². The van der Waals surface area contributed by atoms with Crippen molar-refractivity contribution in [1.29, 1.82) is 0 Å². The topological polar surface area (TPSA) is 28.2 Å². The second-order valence-electron chi connectivity index (χ2n) is 4.89. The molecule has 1 aromatic heterocycles. The van der Waals surface area contributed by atoms with Crippen LogP contribution in [0.25, 0.3) is 0 Å². The molecule has 1 N–H and O–H groups in total. The second-order valence-corrected chi connectivity index (χ2v) is 4.89. The molecule has 0 amide bonds. The molecule has 17 heavy (non-hydrogen) atoms. The first-order valence-electron chi connectivity index (χ1n) is 6.68. The average Bonchev–Trinajstić information content (AvgIpc) is 2.32. The maximum absolute atomic E-state index is 4.58. The molecule has 0 spiro atoms. The number of rotatable bonds is 6. The quantitative estimate of drug-likeness (QED) is 0.819. The predicted molar refractivity (Wildman–Crippen MR) is 72.1 cm³/mol. The smallest absolute Gasteiger partial charge is 0.126 e. The fourth-order valence-corrected chi connectivity index (χ4v) is 2.28. The van der Waals surface area contributed by atoms with Gasteiger partial charge in [0.25, 0.3) is 0 Å². The van der Waals surface area contributed by atoms with Crippen LogP contribution in [-0.2, 0) is 6.54 Å². The molecule has 3 heteroatoms. The third-order valence-electron chi connectivity index (χ3n) is 3.64. The van der Waals surface area contributed by atoms with Crippen LogP contribution in [0.5, 0.6) is 0 Å². The van der Waals surface area contributed by atoms with Crippen LogP contribution in [0.1, 0.15) is 31.9 Å². The fraction of sp³-hybridized carbons (Fsp3) is 0.643. The number of aromatic nitrogens is 1. The summed E-state index contributed by atoms with van der Waals surface area (Å²) in [6, 6.07) is 6.20. The van der Waals surface area contributed by atoms with Crippen LogP contribution in [0, 0.1) is 5.92 Å². The minimum atomic E-state index is 0.933. The summed E-state index contributed by atoms with van der Waals surface area (Å²) in [6.07, 6.45) is 4.26. The van der Waals surface area contributed by atoms with E-state index in [-0.39, 0.29) is 0 Å². The van der Waals surface area contributed by atoms with Gasteiger partial charge in [0.2, 0.25) is 0 Å². The lowest BCUT2D eigenvalue weighted by Crippen LogP contribution is -2.32. The lowest BCUT2D eigenvalue weighted by molar-refractivity contribution is 0.177. The number of nitrogens with zero attached hydrogens (tertiary/aromatic N) is 2. The Bertz CT molecular complexity index is 347. The summed E-state index contributed by atoms with van der Waals surface area (Å²) in [4.78, 5) is 7.08. The molecule has 1 aromatic rings. The zero-order chi connectivity index (χ0) is 12.1. The third kappa shape index (κ3) is 3.43. The zero-order valence-corrected chi connectivity index (χ0v) is 10.9. The Morgan fingerprint density at radius 3 is 2.82 bits per heavy atom. The lowest BCUT2D eigenvalue weighted by Gasteiger charge is -2.31. The van der Waals surface area contributed by atoms with Crippen LogP contribution in [0.3, 0.4) is 0 Å². The van der Waals surface area contributed by atoms with Gasteiger partial charge in [-0.25, -0.2) is 4.98 Å². The van der Waals surface area contributed by atoms with Crippen LogP contribution in [-0.4, -0.2) is 30.0 Å². The van der Waals surface area contributed by atoms with Gasteiger partial charge in [0, 0.05) is 20.1 Å². The number of pyridine rings is 1. The summed E-state index contributed by atoms with van der Waals surface area (Å²) in [5.74, 6) is 1.89. The molecule has 0 saturated heterocycles. The van der Waals surface area contributed by atoms with Gasteiger partial charge in [0.1, 0.15) is 5.82 Å². The minimum absolute atomic E-state index is 0.933. The summed E-state index contributed by atoms with van der Waals surface area (Å²) < 4.78 is 0. The van der Waals surface area contributed by atoms with E-state index >= 15 is 0 Å². The number of hydrogen-bond acceptors (Lipinski definition) is 3. The van der Waals surface area contributed by atoms with Crippen LogP contribution in [0.2, 0.25) is 0 Å². The van der Waals surface area contributed by atoms with Gasteiger partial charge in [-0.05, 0) is 37.4 Å². The highest BCUT2D eigenvalue weighted by Crippen LogP contribution is 2.27. The first-order chi connectivity index (χ1) is 8.31. The van der Waals surface area contributed by atoms with Gasteiger partial charge < -0.3 is 5.32 Å². The fourth-order valence-electron chi connectivity index (χ4n) is 2.28. The highest BCUT2D eigenvalue weighted by Gasteiger charge is 2.20. The normalized spacial score (nSPS) is 15.9. The van der Waals surface area contributed by atoms with Crippen LogP contribution in [0.4, 0.5) is 5.82 Å². The molecule has 2 rings (SSSR count). The van der Waals surface area contributed by atoms with Crippen LogP contribution in [0.15, 0.2) is 18.2 Å². The summed E-state index contributed by atoms with van der Waals surface area (Å²) in [6.45, 7) is 5.56. The lowest BCUT2D eigenvalue weighted by atomic mass is 9.85. The van der Waals surface area contributed by atoms with Crippen molar-refractivity contribution in [3.05, 3.63) is 23.9 Å². The van der Waals surface area contributed by atoms with Crippen molar-refractivity contribution >= 4 is 5.82 Å². The van der Waals surface area contributed by atoms with Crippen molar-refractivity contribution in [2.24, 2.45) is 5.92 Å². The van der Waals surface area contributed by atoms with E-state index in [0.717, 1.165) is 30.5 Å². The summed E-state index contributed by atoms with van der Waals surface area (Å²) in [5.41, 5.74) is 1.16. The highest BCUT2D eigenvalue weighted by atomic mass is 15.1. The Balaban J connectivity index is 1.91. The van der Waals surface area contributed by atoms with Crippen molar-refractivity contribution < 1.29 is 0 Å². The third-order valence-corrected chi connectivity index (χ3v) is 3.64. The molecule has 0 unspecified atom stereocenters. The van der Waals surface area contributed by atoms with Crippen LogP contribution < -0.4 is 5.32 Å². The second kappa shape index (κ2) is 6.01. The van der Waals surface area contributed by atoms with Gasteiger partial charge >= 0.3 is 0 Å². The van der Waals surface area contributed by atoms with Gasteiger partial charge in [0.05, 0.1) is 5.69 Å². The Hall–Kier alpha value is -1.09. The molecular weight excluding hydrogens is 210 g/mol. The van der Waals surface area contributed by atoms with Gasteiger partial charge in [-0.2, -0.15) is 0 Å². The van der Waals surface area contributed by atoms with Crippen molar-refractivity contribution in [2.75, 3.05) is 25.5 Å². The average molecular weight is 233 g/mol. The summed E-state index contributed by atoms with van der Waals surface area (Å²) in [7, 11) is 1.91. The Kier molecular flexibility index (Phi) is 4.37.